The first-order chi connectivity index (χ1) is 10.3. The van der Waals surface area contributed by atoms with Crippen molar-refractivity contribution >= 4 is 24.2 Å². The number of halogens is 1. The van der Waals surface area contributed by atoms with E-state index in [0.29, 0.717) is 31.8 Å². The molecule has 0 radical (unpaired) electrons. The van der Waals surface area contributed by atoms with Crippen LogP contribution in [-0.4, -0.2) is 41.4 Å². The summed E-state index contributed by atoms with van der Waals surface area (Å²) < 4.78 is 0. The van der Waals surface area contributed by atoms with Crippen molar-refractivity contribution in [2.24, 2.45) is 11.7 Å². The molecule has 0 bridgehead atoms. The van der Waals surface area contributed by atoms with Gasteiger partial charge in [0, 0.05) is 25.0 Å². The lowest BCUT2D eigenvalue weighted by Gasteiger charge is -2.35. The van der Waals surface area contributed by atoms with Crippen molar-refractivity contribution in [2.45, 2.75) is 77.8 Å². The van der Waals surface area contributed by atoms with Crippen LogP contribution in [0.25, 0.3) is 0 Å². The number of nitrogens with two attached hydrogens (primary N) is 1. The van der Waals surface area contributed by atoms with Gasteiger partial charge >= 0.3 is 0 Å². The minimum Gasteiger partial charge on any atom is -0.352 e. The molecule has 0 saturated carbocycles. The smallest absolute Gasteiger partial charge is 0.242 e. The normalized spacial score (nSPS) is 17.0. The van der Waals surface area contributed by atoms with Gasteiger partial charge in [0.1, 0.15) is 6.04 Å². The number of amides is 2. The summed E-state index contributed by atoms with van der Waals surface area (Å²) in [5.74, 6) is 0.420. The molecular weight excluding hydrogens is 314 g/mol. The van der Waals surface area contributed by atoms with Gasteiger partial charge < -0.3 is 16.0 Å². The molecule has 1 aliphatic rings. The van der Waals surface area contributed by atoms with Crippen LogP contribution in [-0.2, 0) is 9.59 Å². The van der Waals surface area contributed by atoms with Crippen LogP contribution in [0.1, 0.15) is 66.2 Å². The van der Waals surface area contributed by atoms with Crippen molar-refractivity contribution in [1.29, 1.82) is 0 Å². The van der Waals surface area contributed by atoms with Crippen molar-refractivity contribution in [3.8, 4) is 0 Å². The van der Waals surface area contributed by atoms with E-state index < -0.39 is 0 Å². The van der Waals surface area contributed by atoms with Gasteiger partial charge in [0.15, 0.2) is 0 Å². The average Bonchev–Trinajstić information content (AvgIpc) is 2.50. The maximum Gasteiger partial charge on any atom is 0.242 e. The molecule has 1 unspecified atom stereocenters. The van der Waals surface area contributed by atoms with Crippen molar-refractivity contribution in [3.63, 3.8) is 0 Å². The molecule has 1 aliphatic heterocycles. The predicted molar refractivity (Wildman–Crippen MR) is 96.6 cm³/mol. The number of piperidine rings is 1. The molecule has 2 amide bonds. The zero-order valence-electron chi connectivity index (χ0n) is 15.1. The van der Waals surface area contributed by atoms with Crippen molar-refractivity contribution in [2.75, 3.05) is 13.1 Å². The standard InChI is InChI=1S/C17H33N3O2.ClH/c1-5-17(18,6-2)12-19-16(22)14(11-13(3)4)20-10-8-7-9-15(20)21;/h13-14H,5-12,18H2,1-4H3,(H,19,22);1H. The first-order valence-electron chi connectivity index (χ1n) is 8.69. The first-order valence-corrected chi connectivity index (χ1v) is 8.69. The Balaban J connectivity index is 0.00000484. The molecule has 3 N–H and O–H groups in total. The Morgan fingerprint density at radius 2 is 1.91 bits per heavy atom. The Bertz CT molecular complexity index is 384. The summed E-state index contributed by atoms with van der Waals surface area (Å²) in [6.45, 7) is 9.40. The molecule has 0 aromatic carbocycles. The van der Waals surface area contributed by atoms with Crippen LogP contribution < -0.4 is 11.1 Å². The van der Waals surface area contributed by atoms with Crippen molar-refractivity contribution in [3.05, 3.63) is 0 Å². The fraction of sp³-hybridized carbons (Fsp3) is 0.882. The Hall–Kier alpha value is -0.810. The summed E-state index contributed by atoms with van der Waals surface area (Å²) in [4.78, 5) is 26.6. The van der Waals surface area contributed by atoms with Gasteiger partial charge in [-0.05, 0) is 38.0 Å². The number of nitrogens with one attached hydrogen (secondary N) is 1. The maximum absolute atomic E-state index is 12.6. The summed E-state index contributed by atoms with van der Waals surface area (Å²) in [6, 6.07) is -0.356. The lowest BCUT2D eigenvalue weighted by molar-refractivity contribution is -0.143. The number of nitrogens with zero attached hydrogens (tertiary/aromatic N) is 1. The fourth-order valence-corrected chi connectivity index (χ4v) is 2.86. The van der Waals surface area contributed by atoms with Gasteiger partial charge in [0.05, 0.1) is 0 Å². The Morgan fingerprint density at radius 3 is 2.39 bits per heavy atom. The molecule has 1 saturated heterocycles. The van der Waals surface area contributed by atoms with Crippen LogP contribution in [0.3, 0.4) is 0 Å². The van der Waals surface area contributed by atoms with Crippen molar-refractivity contribution in [1.82, 2.24) is 10.2 Å². The third-order valence-electron chi connectivity index (χ3n) is 4.76. The van der Waals surface area contributed by atoms with Gasteiger partial charge in [-0.15, -0.1) is 12.4 Å². The number of hydrogen-bond acceptors (Lipinski definition) is 3. The quantitative estimate of drug-likeness (QED) is 0.708. The van der Waals surface area contributed by atoms with E-state index in [4.69, 9.17) is 5.73 Å². The van der Waals surface area contributed by atoms with Crippen LogP contribution >= 0.6 is 12.4 Å². The Labute approximate surface area is 147 Å². The number of hydrogen-bond donors (Lipinski definition) is 2. The highest BCUT2D eigenvalue weighted by atomic mass is 35.5. The van der Waals surface area contributed by atoms with Crippen LogP contribution in [0.15, 0.2) is 0 Å². The highest BCUT2D eigenvalue weighted by Crippen LogP contribution is 2.19. The number of carbonyl (C=O) groups is 2. The van der Waals surface area contributed by atoms with E-state index in [2.05, 4.69) is 19.2 Å². The molecule has 0 aromatic rings. The molecule has 6 heteroatoms. The molecule has 136 valence electrons. The predicted octanol–water partition coefficient (Wildman–Crippen LogP) is 2.47. The largest absolute Gasteiger partial charge is 0.352 e. The summed E-state index contributed by atoms with van der Waals surface area (Å²) in [5.41, 5.74) is 5.90. The van der Waals surface area contributed by atoms with E-state index in [1.54, 1.807) is 4.90 Å². The van der Waals surface area contributed by atoms with E-state index in [1.807, 2.05) is 13.8 Å². The third kappa shape index (κ3) is 6.68. The molecule has 0 aliphatic carbocycles. The van der Waals surface area contributed by atoms with Crippen molar-refractivity contribution < 1.29 is 9.59 Å². The first kappa shape index (κ1) is 22.2. The summed E-state index contributed by atoms with van der Waals surface area (Å²) in [7, 11) is 0. The second-order valence-corrected chi connectivity index (χ2v) is 6.98. The number of likely N-dealkylation sites (tertiary alicyclic amines) is 1. The highest BCUT2D eigenvalue weighted by molar-refractivity contribution is 5.88. The van der Waals surface area contributed by atoms with E-state index in [1.165, 1.54) is 0 Å². The summed E-state index contributed by atoms with van der Waals surface area (Å²) in [6.07, 6.45) is 4.82. The van der Waals surface area contributed by atoms with Gasteiger partial charge in [-0.3, -0.25) is 9.59 Å². The van der Waals surface area contributed by atoms with Gasteiger partial charge in [-0.2, -0.15) is 0 Å². The second kappa shape index (κ2) is 10.1. The van der Waals surface area contributed by atoms with E-state index >= 15 is 0 Å². The monoisotopic (exact) mass is 347 g/mol. The lowest BCUT2D eigenvalue weighted by atomic mass is 9.93. The molecule has 5 nitrogen and oxygen atoms in total. The minimum atomic E-state index is -0.357. The fourth-order valence-electron chi connectivity index (χ4n) is 2.86. The van der Waals surface area contributed by atoms with E-state index in [9.17, 15) is 9.59 Å². The number of carbonyl (C=O) groups excluding carboxylic acids is 2. The second-order valence-electron chi connectivity index (χ2n) is 6.98. The van der Waals surface area contributed by atoms with E-state index in [-0.39, 0.29) is 35.8 Å². The third-order valence-corrected chi connectivity index (χ3v) is 4.76. The zero-order valence-corrected chi connectivity index (χ0v) is 15.9. The van der Waals surface area contributed by atoms with Crippen LogP contribution in [0, 0.1) is 5.92 Å². The van der Waals surface area contributed by atoms with Gasteiger partial charge in [-0.25, -0.2) is 0 Å². The molecule has 0 aromatic heterocycles. The average molecular weight is 348 g/mol. The summed E-state index contributed by atoms with van der Waals surface area (Å²) in [5, 5.41) is 2.99. The molecular formula is C17H34ClN3O2. The van der Waals surface area contributed by atoms with Crippen LogP contribution in [0.4, 0.5) is 0 Å². The van der Waals surface area contributed by atoms with Gasteiger partial charge in [0.25, 0.3) is 0 Å². The Kier molecular flexibility index (Phi) is 9.78. The Morgan fingerprint density at radius 1 is 1.30 bits per heavy atom. The maximum atomic E-state index is 12.6. The molecule has 23 heavy (non-hydrogen) atoms. The van der Waals surface area contributed by atoms with Crippen LogP contribution in [0.2, 0.25) is 0 Å². The highest BCUT2D eigenvalue weighted by Gasteiger charge is 2.32. The SMILES string of the molecule is CCC(N)(CC)CNC(=O)C(CC(C)C)N1CCCCC1=O.Cl. The molecule has 1 fully saturated rings. The molecule has 1 rings (SSSR count). The van der Waals surface area contributed by atoms with E-state index in [0.717, 1.165) is 25.7 Å². The zero-order chi connectivity index (χ0) is 16.8. The topological polar surface area (TPSA) is 75.4 Å². The van der Waals surface area contributed by atoms with Crippen LogP contribution in [0.5, 0.6) is 0 Å². The number of rotatable bonds is 8. The molecule has 0 spiro atoms. The lowest BCUT2D eigenvalue weighted by Crippen LogP contribution is -2.56. The molecule has 1 atom stereocenters. The minimum absolute atomic E-state index is 0. The van der Waals surface area contributed by atoms with Gasteiger partial charge in [0.2, 0.25) is 11.8 Å². The summed E-state index contributed by atoms with van der Waals surface area (Å²) >= 11 is 0. The van der Waals surface area contributed by atoms with Gasteiger partial charge in [-0.1, -0.05) is 27.7 Å². The molecule has 1 heterocycles.